The Morgan fingerprint density at radius 2 is 1.86 bits per heavy atom. The van der Waals surface area contributed by atoms with Gasteiger partial charge in [-0.3, -0.25) is 0 Å². The summed E-state index contributed by atoms with van der Waals surface area (Å²) in [5.74, 6) is 0. The van der Waals surface area contributed by atoms with E-state index in [0.717, 1.165) is 6.08 Å². The Kier molecular flexibility index (Phi) is 6.85. The summed E-state index contributed by atoms with van der Waals surface area (Å²) in [6, 6.07) is 0. The molecule has 14 heavy (non-hydrogen) atoms. The van der Waals surface area contributed by atoms with Crippen LogP contribution in [0.2, 0.25) is 0 Å². The van der Waals surface area contributed by atoms with Crippen molar-refractivity contribution in [3.63, 3.8) is 0 Å². The van der Waals surface area contributed by atoms with Gasteiger partial charge >= 0.3 is 0 Å². The first kappa shape index (κ1) is 14.9. The molecule has 0 radical (unpaired) electrons. The standard InChI is InChI=1S/C5H5Br2Cl2NO3S/c6-3(1-4(8)9)5(7)14(12,13)10-2-11/h3-5H,1H2. The van der Waals surface area contributed by atoms with E-state index in [4.69, 9.17) is 23.2 Å². The second-order valence-corrected chi connectivity index (χ2v) is 7.96. The lowest BCUT2D eigenvalue weighted by Gasteiger charge is -2.13. The third kappa shape index (κ3) is 5.09. The van der Waals surface area contributed by atoms with Crippen LogP contribution in [-0.4, -0.2) is 28.3 Å². The van der Waals surface area contributed by atoms with Crippen LogP contribution >= 0.6 is 55.1 Å². The number of hydrogen-bond donors (Lipinski definition) is 0. The van der Waals surface area contributed by atoms with Gasteiger partial charge in [0.05, 0.1) is 0 Å². The second-order valence-electron chi connectivity index (χ2n) is 2.19. The topological polar surface area (TPSA) is 63.6 Å². The number of sulfonamides is 1. The van der Waals surface area contributed by atoms with Gasteiger partial charge in [0, 0.05) is 4.83 Å². The lowest BCUT2D eigenvalue weighted by atomic mass is 10.4. The van der Waals surface area contributed by atoms with Crippen molar-refractivity contribution in [3.8, 4) is 0 Å². The Bertz CT molecular complexity index is 328. The summed E-state index contributed by atoms with van der Waals surface area (Å²) < 4.78 is 24.0. The third-order valence-corrected chi connectivity index (χ3v) is 6.74. The first-order valence-corrected chi connectivity index (χ1v) is 7.41. The van der Waals surface area contributed by atoms with Crippen molar-refractivity contribution in [1.29, 1.82) is 0 Å². The second kappa shape index (κ2) is 6.45. The van der Waals surface area contributed by atoms with Crippen molar-refractivity contribution in [2.75, 3.05) is 0 Å². The van der Waals surface area contributed by atoms with Crippen molar-refractivity contribution < 1.29 is 13.2 Å². The fourth-order valence-electron chi connectivity index (χ4n) is 0.566. The molecule has 0 heterocycles. The van der Waals surface area contributed by atoms with Gasteiger partial charge in [0.25, 0.3) is 16.1 Å². The molecule has 2 unspecified atom stereocenters. The summed E-state index contributed by atoms with van der Waals surface area (Å²) in [7, 11) is -3.90. The highest BCUT2D eigenvalue weighted by Gasteiger charge is 2.30. The molecule has 0 amide bonds. The summed E-state index contributed by atoms with van der Waals surface area (Å²) in [5, 5.41) is 0. The van der Waals surface area contributed by atoms with E-state index in [-0.39, 0.29) is 6.42 Å². The molecule has 0 aliphatic rings. The lowest BCUT2D eigenvalue weighted by Crippen LogP contribution is -2.24. The van der Waals surface area contributed by atoms with E-state index in [1.165, 1.54) is 0 Å². The molecule has 82 valence electrons. The lowest BCUT2D eigenvalue weighted by molar-refractivity contribution is 0.563. The van der Waals surface area contributed by atoms with E-state index in [1.807, 2.05) is 0 Å². The third-order valence-electron chi connectivity index (χ3n) is 1.14. The Labute approximate surface area is 108 Å². The predicted molar refractivity (Wildman–Crippen MR) is 62.6 cm³/mol. The minimum atomic E-state index is -3.90. The van der Waals surface area contributed by atoms with Crippen LogP contribution in [-0.2, 0) is 14.8 Å². The zero-order valence-corrected chi connectivity index (χ0v) is 12.0. The van der Waals surface area contributed by atoms with E-state index >= 15 is 0 Å². The van der Waals surface area contributed by atoms with Crippen molar-refractivity contribution in [2.24, 2.45) is 4.40 Å². The number of nitrogens with zero attached hydrogens (tertiary/aromatic N) is 1. The van der Waals surface area contributed by atoms with Gasteiger partial charge in [0.1, 0.15) is 4.84 Å². The van der Waals surface area contributed by atoms with Gasteiger partial charge in [-0.1, -0.05) is 36.3 Å². The Balaban J connectivity index is 4.61. The number of isocyanates is 1. The average Bonchev–Trinajstić information content (AvgIpc) is 2.01. The van der Waals surface area contributed by atoms with Gasteiger partial charge in [0.2, 0.25) is 0 Å². The van der Waals surface area contributed by atoms with E-state index in [9.17, 15) is 13.2 Å². The van der Waals surface area contributed by atoms with Crippen LogP contribution in [0.3, 0.4) is 0 Å². The smallest absolute Gasteiger partial charge is 0.210 e. The summed E-state index contributed by atoms with van der Waals surface area (Å²) in [6.07, 6.45) is 1.17. The normalized spacial score (nSPS) is 16.1. The molecule has 2 atom stereocenters. The summed E-state index contributed by atoms with van der Waals surface area (Å²) in [5.41, 5.74) is 0. The molecule has 0 fully saturated rings. The molecule has 0 spiro atoms. The molecule has 0 saturated carbocycles. The van der Waals surface area contributed by atoms with Gasteiger partial charge in [-0.15, -0.1) is 23.2 Å². The molecule has 0 aromatic rings. The zero-order valence-electron chi connectivity index (χ0n) is 6.53. The molecule has 0 N–H and O–H groups in total. The number of halogens is 4. The molecule has 0 aromatic carbocycles. The molecule has 9 heteroatoms. The number of carbonyl (C=O) groups excluding carboxylic acids is 1. The summed E-state index contributed by atoms with van der Waals surface area (Å²) in [6.45, 7) is 0. The van der Waals surface area contributed by atoms with Crippen molar-refractivity contribution in [2.45, 2.75) is 20.2 Å². The number of rotatable bonds is 5. The largest absolute Gasteiger partial charge is 0.277 e. The number of hydrogen-bond acceptors (Lipinski definition) is 3. The van der Waals surface area contributed by atoms with E-state index in [0.29, 0.717) is 0 Å². The molecule has 0 rings (SSSR count). The SMILES string of the molecule is O=C=NS(=O)(=O)C(Br)C(Br)CC(Cl)Cl. The average molecular weight is 390 g/mol. The summed E-state index contributed by atoms with van der Waals surface area (Å²) in [4.78, 5) is 8.57. The van der Waals surface area contributed by atoms with Crippen molar-refractivity contribution in [3.05, 3.63) is 0 Å². The molecule has 0 aliphatic heterocycles. The zero-order chi connectivity index (χ0) is 11.4. The fraction of sp³-hybridized carbons (Fsp3) is 0.800. The Morgan fingerprint density at radius 1 is 1.36 bits per heavy atom. The van der Waals surface area contributed by atoms with Gasteiger partial charge in [-0.25, -0.2) is 13.2 Å². The molecular formula is C5H5Br2Cl2NO3S. The first-order chi connectivity index (χ1) is 6.31. The molecule has 4 nitrogen and oxygen atoms in total. The van der Waals surface area contributed by atoms with Crippen molar-refractivity contribution in [1.82, 2.24) is 0 Å². The molecule has 0 aliphatic carbocycles. The van der Waals surface area contributed by atoms with Crippen molar-refractivity contribution >= 4 is 71.2 Å². The van der Waals surface area contributed by atoms with Gasteiger partial charge in [-0.2, -0.15) is 0 Å². The minimum absolute atomic E-state index is 0.201. The molecule has 0 saturated heterocycles. The van der Waals surface area contributed by atoms with Crippen LogP contribution in [0.15, 0.2) is 4.40 Å². The van der Waals surface area contributed by atoms with Crippen LogP contribution in [0.25, 0.3) is 0 Å². The van der Waals surface area contributed by atoms with E-state index in [1.54, 1.807) is 0 Å². The summed E-state index contributed by atoms with van der Waals surface area (Å²) >= 11 is 16.8. The maximum Gasteiger partial charge on any atom is 0.277 e. The van der Waals surface area contributed by atoms with Crippen LogP contribution in [0, 0.1) is 0 Å². The van der Waals surface area contributed by atoms with E-state index < -0.39 is 23.8 Å². The monoisotopic (exact) mass is 387 g/mol. The van der Waals surface area contributed by atoms with Crippen LogP contribution in [0.5, 0.6) is 0 Å². The maximum atomic E-state index is 11.2. The highest BCUT2D eigenvalue weighted by atomic mass is 79.9. The molecule has 0 bridgehead atoms. The van der Waals surface area contributed by atoms with Gasteiger partial charge in [-0.05, 0) is 6.42 Å². The maximum absolute atomic E-state index is 11.2. The fourth-order valence-corrected chi connectivity index (χ4v) is 3.73. The highest BCUT2D eigenvalue weighted by molar-refractivity contribution is 9.13. The van der Waals surface area contributed by atoms with Gasteiger partial charge < -0.3 is 0 Å². The van der Waals surface area contributed by atoms with Crippen LogP contribution in [0.1, 0.15) is 6.42 Å². The number of alkyl halides is 4. The van der Waals surface area contributed by atoms with E-state index in [2.05, 4.69) is 36.3 Å². The quantitative estimate of drug-likeness (QED) is 0.412. The minimum Gasteiger partial charge on any atom is -0.210 e. The highest BCUT2D eigenvalue weighted by Crippen LogP contribution is 2.27. The first-order valence-electron chi connectivity index (χ1n) is 3.20. The van der Waals surface area contributed by atoms with Crippen LogP contribution < -0.4 is 0 Å². The Hall–Kier alpha value is 0.870. The Morgan fingerprint density at radius 3 is 2.21 bits per heavy atom. The van der Waals surface area contributed by atoms with Gasteiger partial charge in [0.15, 0.2) is 4.16 Å². The van der Waals surface area contributed by atoms with Crippen LogP contribution in [0.4, 0.5) is 0 Å². The molecular weight excluding hydrogens is 385 g/mol. The molecule has 0 aromatic heterocycles. The predicted octanol–water partition coefficient (Wildman–Crippen LogP) is 2.33.